The van der Waals surface area contributed by atoms with E-state index in [9.17, 15) is 9.59 Å². The van der Waals surface area contributed by atoms with Gasteiger partial charge in [-0.15, -0.1) is 11.3 Å². The summed E-state index contributed by atoms with van der Waals surface area (Å²) in [6.07, 6.45) is 3.00. The minimum atomic E-state index is -1.02. The van der Waals surface area contributed by atoms with Gasteiger partial charge in [0, 0.05) is 11.4 Å². The average molecular weight is 345 g/mol. The van der Waals surface area contributed by atoms with Crippen molar-refractivity contribution in [3.63, 3.8) is 0 Å². The molecule has 0 saturated heterocycles. The quantitative estimate of drug-likeness (QED) is 0.844. The van der Waals surface area contributed by atoms with Crippen molar-refractivity contribution in [2.24, 2.45) is 0 Å². The van der Waals surface area contributed by atoms with Gasteiger partial charge in [-0.1, -0.05) is 12.1 Å². The van der Waals surface area contributed by atoms with E-state index in [1.54, 1.807) is 29.5 Å². The van der Waals surface area contributed by atoms with Gasteiger partial charge < -0.3 is 15.2 Å². The summed E-state index contributed by atoms with van der Waals surface area (Å²) < 4.78 is 5.16. The molecule has 0 saturated carbocycles. The molecule has 1 aliphatic carbocycles. The van der Waals surface area contributed by atoms with Crippen LogP contribution in [0.1, 0.15) is 34.8 Å². The normalized spacial score (nSPS) is 16.2. The van der Waals surface area contributed by atoms with E-state index in [2.05, 4.69) is 16.8 Å². The molecule has 0 spiro atoms. The van der Waals surface area contributed by atoms with Gasteiger partial charge in [0.25, 0.3) is 0 Å². The summed E-state index contributed by atoms with van der Waals surface area (Å²) in [7, 11) is 0. The van der Waals surface area contributed by atoms with E-state index in [4.69, 9.17) is 9.84 Å². The van der Waals surface area contributed by atoms with Crippen molar-refractivity contribution in [1.29, 1.82) is 0 Å². The average Bonchev–Trinajstić information content (AvgIpc) is 3.07. The molecule has 1 amide bonds. The number of rotatable bonds is 6. The minimum Gasteiger partial charge on any atom is -0.482 e. The predicted molar refractivity (Wildman–Crippen MR) is 91.4 cm³/mol. The number of hydrogen-bond acceptors (Lipinski definition) is 4. The molecule has 1 heterocycles. The maximum Gasteiger partial charge on any atom is 0.341 e. The lowest BCUT2D eigenvalue weighted by molar-refractivity contribution is -0.139. The number of carboxylic acids is 1. The zero-order valence-corrected chi connectivity index (χ0v) is 14.0. The van der Waals surface area contributed by atoms with Crippen LogP contribution in [-0.4, -0.2) is 23.6 Å². The standard InChI is InChI=1S/C18H19NO4S/c20-17(21)11-23-13-4-1-3-12(9-13)10-19-18(22)15-5-2-6-16-14(15)7-8-24-16/h1,3-4,7-9,15H,2,5-6,10-11H2,(H,19,22)(H,20,21)/t15-/m0/s1. The summed E-state index contributed by atoms with van der Waals surface area (Å²) in [5.74, 6) is -0.544. The number of fused-ring (bicyclic) bond motifs is 1. The Morgan fingerprint density at radius 2 is 2.21 bits per heavy atom. The predicted octanol–water partition coefficient (Wildman–Crippen LogP) is 2.95. The van der Waals surface area contributed by atoms with Gasteiger partial charge in [0.2, 0.25) is 5.91 Å². The maximum absolute atomic E-state index is 12.5. The number of carboxylic acid groups (broad SMARTS) is 1. The van der Waals surface area contributed by atoms with E-state index < -0.39 is 5.97 Å². The SMILES string of the molecule is O=C(O)COc1cccc(CNC(=O)[C@H]2CCCc3sccc32)c1. The topological polar surface area (TPSA) is 75.6 Å². The third-order valence-electron chi connectivity index (χ3n) is 4.10. The highest BCUT2D eigenvalue weighted by atomic mass is 32.1. The molecule has 126 valence electrons. The van der Waals surface area contributed by atoms with Crippen LogP contribution in [0.4, 0.5) is 0 Å². The fourth-order valence-corrected chi connectivity index (χ4v) is 3.95. The van der Waals surface area contributed by atoms with Gasteiger partial charge in [0.05, 0.1) is 5.92 Å². The molecular weight excluding hydrogens is 326 g/mol. The highest BCUT2D eigenvalue weighted by Gasteiger charge is 2.26. The Kier molecular flexibility index (Phi) is 5.15. The Morgan fingerprint density at radius 3 is 3.04 bits per heavy atom. The second-order valence-corrected chi connectivity index (χ2v) is 6.79. The summed E-state index contributed by atoms with van der Waals surface area (Å²) in [4.78, 5) is 24.4. The van der Waals surface area contributed by atoms with Crippen LogP contribution >= 0.6 is 11.3 Å². The number of carbonyl (C=O) groups excluding carboxylic acids is 1. The second-order valence-electron chi connectivity index (χ2n) is 5.79. The van der Waals surface area contributed by atoms with Crippen molar-refractivity contribution in [3.8, 4) is 5.75 Å². The lowest BCUT2D eigenvalue weighted by Gasteiger charge is -2.21. The van der Waals surface area contributed by atoms with Gasteiger partial charge >= 0.3 is 5.97 Å². The smallest absolute Gasteiger partial charge is 0.341 e. The van der Waals surface area contributed by atoms with Gasteiger partial charge in [0.1, 0.15) is 5.75 Å². The monoisotopic (exact) mass is 345 g/mol. The summed E-state index contributed by atoms with van der Waals surface area (Å²) in [5, 5.41) is 13.7. The molecule has 2 aromatic rings. The van der Waals surface area contributed by atoms with E-state index >= 15 is 0 Å². The van der Waals surface area contributed by atoms with Crippen molar-refractivity contribution >= 4 is 23.2 Å². The third kappa shape index (κ3) is 3.94. The highest BCUT2D eigenvalue weighted by Crippen LogP contribution is 2.35. The zero-order chi connectivity index (χ0) is 16.9. The van der Waals surface area contributed by atoms with Crippen molar-refractivity contribution in [3.05, 3.63) is 51.7 Å². The second kappa shape index (κ2) is 7.49. The Bertz CT molecular complexity index is 740. The van der Waals surface area contributed by atoms with E-state index in [0.717, 1.165) is 24.8 Å². The van der Waals surface area contributed by atoms with Gasteiger partial charge in [-0.25, -0.2) is 4.79 Å². The van der Waals surface area contributed by atoms with Crippen LogP contribution in [0.5, 0.6) is 5.75 Å². The van der Waals surface area contributed by atoms with E-state index in [1.807, 2.05) is 6.07 Å². The van der Waals surface area contributed by atoms with Gasteiger partial charge in [-0.3, -0.25) is 4.79 Å². The first-order valence-corrected chi connectivity index (χ1v) is 8.79. The zero-order valence-electron chi connectivity index (χ0n) is 13.2. The molecule has 24 heavy (non-hydrogen) atoms. The summed E-state index contributed by atoms with van der Waals surface area (Å²) in [5.41, 5.74) is 2.05. The molecule has 2 N–H and O–H groups in total. The van der Waals surface area contributed by atoms with Crippen LogP contribution in [-0.2, 0) is 22.6 Å². The number of thiophene rings is 1. The molecule has 1 aromatic heterocycles. The number of aryl methyl sites for hydroxylation is 1. The van der Waals surface area contributed by atoms with Gasteiger partial charge in [-0.2, -0.15) is 0 Å². The van der Waals surface area contributed by atoms with Crippen molar-refractivity contribution in [2.45, 2.75) is 31.7 Å². The van der Waals surface area contributed by atoms with Crippen LogP contribution in [0, 0.1) is 0 Å². The first kappa shape index (κ1) is 16.5. The van der Waals surface area contributed by atoms with Gasteiger partial charge in [0.15, 0.2) is 6.61 Å². The molecule has 5 nitrogen and oxygen atoms in total. The summed E-state index contributed by atoms with van der Waals surface area (Å²) in [6, 6.07) is 9.18. The van der Waals surface area contributed by atoms with Gasteiger partial charge in [-0.05, 0) is 54.0 Å². The van der Waals surface area contributed by atoms with Crippen LogP contribution in [0.25, 0.3) is 0 Å². The van der Waals surface area contributed by atoms with Crippen LogP contribution in [0.3, 0.4) is 0 Å². The number of ether oxygens (including phenoxy) is 1. The molecule has 0 fully saturated rings. The fourth-order valence-electron chi connectivity index (χ4n) is 2.96. The number of amides is 1. The number of carbonyl (C=O) groups is 2. The largest absolute Gasteiger partial charge is 0.482 e. The number of hydrogen-bond donors (Lipinski definition) is 2. The molecule has 3 rings (SSSR count). The first-order valence-electron chi connectivity index (χ1n) is 7.91. The van der Waals surface area contributed by atoms with Crippen molar-refractivity contribution in [2.75, 3.05) is 6.61 Å². The number of benzene rings is 1. The maximum atomic E-state index is 12.5. The Labute approximate surface area is 144 Å². The minimum absolute atomic E-state index is 0.0474. The molecule has 1 atom stereocenters. The number of aliphatic carboxylic acids is 1. The molecule has 0 radical (unpaired) electrons. The molecular formula is C18H19NO4S. The fraction of sp³-hybridized carbons (Fsp3) is 0.333. The number of nitrogens with one attached hydrogen (secondary N) is 1. The molecule has 1 aliphatic rings. The van der Waals surface area contributed by atoms with E-state index in [-0.39, 0.29) is 18.4 Å². The first-order chi connectivity index (χ1) is 11.6. The highest BCUT2D eigenvalue weighted by molar-refractivity contribution is 7.10. The molecule has 0 bridgehead atoms. The van der Waals surface area contributed by atoms with E-state index in [1.165, 1.54) is 10.4 Å². The lowest BCUT2D eigenvalue weighted by atomic mass is 9.87. The Balaban J connectivity index is 1.59. The summed E-state index contributed by atoms with van der Waals surface area (Å²) in [6.45, 7) is 0.0257. The lowest BCUT2D eigenvalue weighted by Crippen LogP contribution is -2.30. The molecule has 6 heteroatoms. The summed E-state index contributed by atoms with van der Waals surface area (Å²) >= 11 is 1.73. The van der Waals surface area contributed by atoms with Crippen molar-refractivity contribution < 1.29 is 19.4 Å². The Morgan fingerprint density at radius 1 is 1.33 bits per heavy atom. The molecule has 0 unspecified atom stereocenters. The third-order valence-corrected chi connectivity index (χ3v) is 5.09. The molecule has 0 aliphatic heterocycles. The van der Waals surface area contributed by atoms with Crippen LogP contribution in [0.15, 0.2) is 35.7 Å². The van der Waals surface area contributed by atoms with Crippen molar-refractivity contribution in [1.82, 2.24) is 5.32 Å². The van der Waals surface area contributed by atoms with Crippen LogP contribution in [0.2, 0.25) is 0 Å². The van der Waals surface area contributed by atoms with Crippen LogP contribution < -0.4 is 10.1 Å². The Hall–Kier alpha value is -2.34. The van der Waals surface area contributed by atoms with E-state index in [0.29, 0.717) is 12.3 Å². The molecule has 1 aromatic carbocycles.